The van der Waals surface area contributed by atoms with Gasteiger partial charge in [0.2, 0.25) is 5.91 Å². The van der Waals surface area contributed by atoms with Gasteiger partial charge in [0.15, 0.2) is 11.5 Å². The van der Waals surface area contributed by atoms with E-state index in [0.29, 0.717) is 36.0 Å². The number of carbonyl (C=O) groups excluding carboxylic acids is 1. The third kappa shape index (κ3) is 6.19. The van der Waals surface area contributed by atoms with Crippen LogP contribution in [0.1, 0.15) is 12.0 Å². The smallest absolute Gasteiger partial charge is 0.221 e. The Morgan fingerprint density at radius 1 is 1.00 bits per heavy atom. The summed E-state index contributed by atoms with van der Waals surface area (Å²) in [6.45, 7) is 1.15. The lowest BCUT2D eigenvalue weighted by Gasteiger charge is -2.10. The van der Waals surface area contributed by atoms with Gasteiger partial charge in [-0.05, 0) is 48.4 Å². The third-order valence-electron chi connectivity index (χ3n) is 3.71. The van der Waals surface area contributed by atoms with Crippen molar-refractivity contribution in [2.45, 2.75) is 12.8 Å². The van der Waals surface area contributed by atoms with Crippen molar-refractivity contribution in [1.29, 1.82) is 0 Å². The van der Waals surface area contributed by atoms with Crippen LogP contribution in [-0.4, -0.2) is 33.2 Å². The number of methoxy groups -OCH3 is 2. The van der Waals surface area contributed by atoms with Gasteiger partial charge in [-0.1, -0.05) is 17.7 Å². The second-order valence-corrected chi connectivity index (χ2v) is 5.91. The molecule has 0 spiro atoms. The highest BCUT2D eigenvalue weighted by Crippen LogP contribution is 2.27. The molecule has 134 valence electrons. The van der Waals surface area contributed by atoms with Gasteiger partial charge in [-0.3, -0.25) is 4.79 Å². The van der Waals surface area contributed by atoms with Crippen molar-refractivity contribution in [3.05, 3.63) is 53.1 Å². The zero-order chi connectivity index (χ0) is 18.1. The van der Waals surface area contributed by atoms with Crippen LogP contribution in [0.2, 0.25) is 5.02 Å². The zero-order valence-corrected chi connectivity index (χ0v) is 15.2. The molecule has 2 rings (SSSR count). The van der Waals surface area contributed by atoms with Crippen LogP contribution in [0.5, 0.6) is 11.5 Å². The molecule has 0 fully saturated rings. The summed E-state index contributed by atoms with van der Waals surface area (Å²) in [7, 11) is 3.22. The predicted molar refractivity (Wildman–Crippen MR) is 101 cm³/mol. The molecular formula is C19H23ClN2O3. The molecule has 0 aliphatic heterocycles. The summed E-state index contributed by atoms with van der Waals surface area (Å²) < 4.78 is 10.5. The van der Waals surface area contributed by atoms with Crippen LogP contribution in [0.4, 0.5) is 5.69 Å². The molecule has 6 heteroatoms. The Hall–Kier alpha value is -2.40. The van der Waals surface area contributed by atoms with Gasteiger partial charge in [0.25, 0.3) is 0 Å². The lowest BCUT2D eigenvalue weighted by molar-refractivity contribution is -0.120. The molecule has 1 amide bonds. The number of hydrogen-bond donors (Lipinski definition) is 2. The molecule has 0 atom stereocenters. The first-order valence-electron chi connectivity index (χ1n) is 8.09. The fourth-order valence-electron chi connectivity index (χ4n) is 2.36. The van der Waals surface area contributed by atoms with Gasteiger partial charge in [-0.2, -0.15) is 0 Å². The summed E-state index contributed by atoms with van der Waals surface area (Å²) in [5, 5.41) is 6.80. The molecular weight excluding hydrogens is 340 g/mol. The number of rotatable bonds is 9. The van der Waals surface area contributed by atoms with Gasteiger partial charge in [0.05, 0.1) is 14.2 Å². The normalized spacial score (nSPS) is 10.2. The Balaban J connectivity index is 1.69. The molecule has 0 aromatic heterocycles. The maximum Gasteiger partial charge on any atom is 0.221 e. The van der Waals surface area contributed by atoms with E-state index in [9.17, 15) is 4.79 Å². The Morgan fingerprint density at radius 2 is 1.72 bits per heavy atom. The largest absolute Gasteiger partial charge is 0.493 e. The second kappa shape index (κ2) is 9.79. The van der Waals surface area contributed by atoms with E-state index in [1.54, 1.807) is 14.2 Å². The number of hydrogen-bond acceptors (Lipinski definition) is 4. The van der Waals surface area contributed by atoms with Crippen LogP contribution in [0.3, 0.4) is 0 Å². The van der Waals surface area contributed by atoms with Gasteiger partial charge >= 0.3 is 0 Å². The highest BCUT2D eigenvalue weighted by Gasteiger charge is 2.05. The number of carbonyl (C=O) groups is 1. The van der Waals surface area contributed by atoms with Crippen LogP contribution in [0.25, 0.3) is 0 Å². The summed E-state index contributed by atoms with van der Waals surface area (Å²) >= 11 is 5.83. The van der Waals surface area contributed by atoms with Crippen LogP contribution in [0.15, 0.2) is 42.5 Å². The first kappa shape index (κ1) is 18.9. The van der Waals surface area contributed by atoms with Gasteiger partial charge in [-0.15, -0.1) is 0 Å². The topological polar surface area (TPSA) is 59.6 Å². The number of benzene rings is 2. The number of halogens is 1. The molecule has 0 radical (unpaired) electrons. The molecule has 0 heterocycles. The summed E-state index contributed by atoms with van der Waals surface area (Å²) in [6.07, 6.45) is 1.14. The van der Waals surface area contributed by atoms with E-state index in [4.69, 9.17) is 21.1 Å². The summed E-state index contributed by atoms with van der Waals surface area (Å²) in [5.74, 6) is 1.41. The van der Waals surface area contributed by atoms with Crippen LogP contribution in [0, 0.1) is 0 Å². The van der Waals surface area contributed by atoms with Crippen molar-refractivity contribution in [3.8, 4) is 11.5 Å². The quantitative estimate of drug-likeness (QED) is 0.716. The Morgan fingerprint density at radius 3 is 2.40 bits per heavy atom. The fourth-order valence-corrected chi connectivity index (χ4v) is 2.48. The molecule has 0 saturated heterocycles. The van der Waals surface area contributed by atoms with E-state index in [0.717, 1.165) is 17.7 Å². The number of anilines is 1. The van der Waals surface area contributed by atoms with E-state index in [-0.39, 0.29) is 5.91 Å². The lowest BCUT2D eigenvalue weighted by atomic mass is 10.1. The van der Waals surface area contributed by atoms with Crippen LogP contribution < -0.4 is 20.1 Å². The maximum atomic E-state index is 11.9. The summed E-state index contributed by atoms with van der Waals surface area (Å²) in [4.78, 5) is 11.9. The van der Waals surface area contributed by atoms with E-state index >= 15 is 0 Å². The highest BCUT2D eigenvalue weighted by atomic mass is 35.5. The van der Waals surface area contributed by atoms with Crippen molar-refractivity contribution in [2.24, 2.45) is 0 Å². The number of ether oxygens (including phenoxy) is 2. The van der Waals surface area contributed by atoms with E-state index in [2.05, 4.69) is 10.6 Å². The Kier molecular flexibility index (Phi) is 7.41. The molecule has 2 aromatic rings. The maximum absolute atomic E-state index is 11.9. The van der Waals surface area contributed by atoms with Crippen molar-refractivity contribution in [3.63, 3.8) is 0 Å². The summed E-state index contributed by atoms with van der Waals surface area (Å²) in [5.41, 5.74) is 2.03. The molecule has 0 bridgehead atoms. The molecule has 2 aromatic carbocycles. The number of nitrogens with one attached hydrogen (secondary N) is 2. The Bertz CT molecular complexity index is 690. The van der Waals surface area contributed by atoms with Gasteiger partial charge in [-0.25, -0.2) is 0 Å². The van der Waals surface area contributed by atoms with Crippen molar-refractivity contribution < 1.29 is 14.3 Å². The molecule has 25 heavy (non-hydrogen) atoms. The minimum Gasteiger partial charge on any atom is -0.493 e. The standard InChI is InChI=1S/C19H23ClN2O3/c1-24-17-8-3-14(13-18(17)25-2)9-11-22-19(23)10-12-21-16-6-4-15(20)5-7-16/h3-8,13,21H,9-12H2,1-2H3,(H,22,23). The van der Waals surface area contributed by atoms with Crippen LogP contribution in [-0.2, 0) is 11.2 Å². The van der Waals surface area contributed by atoms with E-state index in [1.165, 1.54) is 0 Å². The SMILES string of the molecule is COc1ccc(CCNC(=O)CCNc2ccc(Cl)cc2)cc1OC. The molecule has 0 aliphatic rings. The molecule has 5 nitrogen and oxygen atoms in total. The minimum absolute atomic E-state index is 0.0157. The average Bonchev–Trinajstić information content (AvgIpc) is 2.63. The van der Waals surface area contributed by atoms with Crippen molar-refractivity contribution >= 4 is 23.2 Å². The third-order valence-corrected chi connectivity index (χ3v) is 3.96. The minimum atomic E-state index is 0.0157. The van der Waals surface area contributed by atoms with Crippen LogP contribution >= 0.6 is 11.6 Å². The van der Waals surface area contributed by atoms with Gasteiger partial charge in [0.1, 0.15) is 0 Å². The second-order valence-electron chi connectivity index (χ2n) is 5.47. The number of amides is 1. The van der Waals surface area contributed by atoms with E-state index in [1.807, 2.05) is 42.5 Å². The fraction of sp³-hybridized carbons (Fsp3) is 0.316. The molecule has 0 aliphatic carbocycles. The molecule has 0 unspecified atom stereocenters. The molecule has 2 N–H and O–H groups in total. The Labute approximate surface area is 153 Å². The molecule has 0 saturated carbocycles. The first-order valence-corrected chi connectivity index (χ1v) is 8.47. The van der Waals surface area contributed by atoms with Crippen molar-refractivity contribution in [2.75, 3.05) is 32.6 Å². The predicted octanol–water partition coefficient (Wildman–Crippen LogP) is 3.52. The monoisotopic (exact) mass is 362 g/mol. The first-order chi connectivity index (χ1) is 12.1. The average molecular weight is 363 g/mol. The highest BCUT2D eigenvalue weighted by molar-refractivity contribution is 6.30. The summed E-state index contributed by atoms with van der Waals surface area (Å²) in [6, 6.07) is 13.2. The lowest BCUT2D eigenvalue weighted by Crippen LogP contribution is -2.27. The van der Waals surface area contributed by atoms with E-state index < -0.39 is 0 Å². The zero-order valence-electron chi connectivity index (χ0n) is 14.5. The van der Waals surface area contributed by atoms with Crippen molar-refractivity contribution in [1.82, 2.24) is 5.32 Å². The van der Waals surface area contributed by atoms with Gasteiger partial charge < -0.3 is 20.1 Å². The van der Waals surface area contributed by atoms with Gasteiger partial charge in [0, 0.05) is 30.2 Å².